The minimum Gasteiger partial charge on any atom is -0.113 e. The molecule has 14 heavy (non-hydrogen) atoms. The molecule has 0 radical (unpaired) electrons. The third kappa shape index (κ3) is 7.91. The lowest BCUT2D eigenvalue weighted by Gasteiger charge is -2.20. The van der Waals surface area contributed by atoms with Gasteiger partial charge in [-0.2, -0.15) is 0 Å². The van der Waals surface area contributed by atoms with E-state index in [0.717, 1.165) is 0 Å². The van der Waals surface area contributed by atoms with Crippen molar-refractivity contribution in [2.45, 2.75) is 44.6 Å². The standard InChI is InChI=1S/C11H19ClS2/c1-9(2)10(7-6-8-12)13-14-11(3,4)5/h9-10H,8H2,1-5H3. The van der Waals surface area contributed by atoms with Crippen LogP contribution in [0.25, 0.3) is 0 Å². The van der Waals surface area contributed by atoms with E-state index in [1.165, 1.54) is 0 Å². The third-order valence-corrected chi connectivity index (χ3v) is 5.33. The van der Waals surface area contributed by atoms with Crippen molar-refractivity contribution < 1.29 is 0 Å². The first-order valence-corrected chi connectivity index (χ1v) is 7.50. The normalized spacial score (nSPS) is 13.6. The summed E-state index contributed by atoms with van der Waals surface area (Å²) >= 11 is 5.55. The molecule has 0 aromatic carbocycles. The Morgan fingerprint density at radius 1 is 1.29 bits per heavy atom. The van der Waals surface area contributed by atoms with Crippen molar-refractivity contribution in [3.8, 4) is 11.8 Å². The first kappa shape index (κ1) is 14.6. The molecule has 0 amide bonds. The summed E-state index contributed by atoms with van der Waals surface area (Å²) in [6.45, 7) is 11.1. The lowest BCUT2D eigenvalue weighted by molar-refractivity contribution is 0.692. The van der Waals surface area contributed by atoms with Crippen LogP contribution in [0.15, 0.2) is 0 Å². The maximum atomic E-state index is 5.55. The lowest BCUT2D eigenvalue weighted by Crippen LogP contribution is -2.11. The Morgan fingerprint density at radius 2 is 1.86 bits per heavy atom. The van der Waals surface area contributed by atoms with E-state index in [9.17, 15) is 0 Å². The molecule has 82 valence electrons. The summed E-state index contributed by atoms with van der Waals surface area (Å²) in [5.41, 5.74) is 0. The molecular formula is C11H19ClS2. The molecule has 0 aromatic rings. The van der Waals surface area contributed by atoms with Gasteiger partial charge in [-0.25, -0.2) is 0 Å². The Bertz CT molecular complexity index is 208. The highest BCUT2D eigenvalue weighted by molar-refractivity contribution is 8.77. The second-order valence-corrected chi connectivity index (χ2v) is 7.85. The van der Waals surface area contributed by atoms with Gasteiger partial charge in [0.2, 0.25) is 0 Å². The maximum Gasteiger partial charge on any atom is 0.0835 e. The van der Waals surface area contributed by atoms with E-state index in [0.29, 0.717) is 21.8 Å². The van der Waals surface area contributed by atoms with Crippen LogP contribution in [0.1, 0.15) is 34.6 Å². The number of hydrogen-bond donors (Lipinski definition) is 0. The van der Waals surface area contributed by atoms with E-state index in [4.69, 9.17) is 11.6 Å². The largest absolute Gasteiger partial charge is 0.113 e. The van der Waals surface area contributed by atoms with Gasteiger partial charge >= 0.3 is 0 Å². The SMILES string of the molecule is CC(C)C(C#CCCl)SSC(C)(C)C. The molecule has 0 aliphatic carbocycles. The number of halogens is 1. The Labute approximate surface area is 101 Å². The molecule has 3 heteroatoms. The first-order chi connectivity index (χ1) is 6.37. The number of rotatable bonds is 3. The molecule has 1 atom stereocenters. The van der Waals surface area contributed by atoms with Crippen LogP contribution in [-0.4, -0.2) is 15.9 Å². The molecule has 0 saturated heterocycles. The van der Waals surface area contributed by atoms with E-state index >= 15 is 0 Å². The van der Waals surface area contributed by atoms with Gasteiger partial charge < -0.3 is 0 Å². The summed E-state index contributed by atoms with van der Waals surface area (Å²) in [6, 6.07) is 0. The maximum absolute atomic E-state index is 5.55. The summed E-state index contributed by atoms with van der Waals surface area (Å²) in [7, 11) is 3.75. The van der Waals surface area contributed by atoms with Crippen molar-refractivity contribution in [2.24, 2.45) is 5.92 Å². The second-order valence-electron chi connectivity index (χ2n) is 4.41. The molecule has 0 heterocycles. The predicted octanol–water partition coefficient (Wildman–Crippen LogP) is 4.43. The average molecular weight is 251 g/mol. The second kappa shape index (κ2) is 6.93. The van der Waals surface area contributed by atoms with Crippen molar-refractivity contribution in [3.63, 3.8) is 0 Å². The van der Waals surface area contributed by atoms with E-state index in [1.54, 1.807) is 0 Å². The van der Waals surface area contributed by atoms with Gasteiger partial charge in [-0.1, -0.05) is 68.0 Å². The smallest absolute Gasteiger partial charge is 0.0835 e. The summed E-state index contributed by atoms with van der Waals surface area (Å²) in [5.74, 6) is 7.16. The number of alkyl halides is 1. The van der Waals surface area contributed by atoms with Crippen LogP contribution in [0.2, 0.25) is 0 Å². The molecule has 0 aliphatic rings. The molecule has 0 bridgehead atoms. The third-order valence-electron chi connectivity index (χ3n) is 1.32. The van der Waals surface area contributed by atoms with Gasteiger partial charge in [0, 0.05) is 4.75 Å². The van der Waals surface area contributed by atoms with Crippen LogP contribution in [0.4, 0.5) is 0 Å². The minimum absolute atomic E-state index is 0.292. The first-order valence-electron chi connectivity index (χ1n) is 4.75. The summed E-state index contributed by atoms with van der Waals surface area (Å²) in [4.78, 5) is 0. The zero-order chi connectivity index (χ0) is 11.2. The van der Waals surface area contributed by atoms with Crippen molar-refractivity contribution in [1.82, 2.24) is 0 Å². The van der Waals surface area contributed by atoms with Gasteiger partial charge in [-0.05, 0) is 5.92 Å². The molecule has 0 aliphatic heterocycles. The zero-order valence-corrected chi connectivity index (χ0v) is 11.9. The fourth-order valence-corrected chi connectivity index (χ4v) is 3.45. The molecule has 0 rings (SSSR count). The van der Waals surface area contributed by atoms with E-state index < -0.39 is 0 Å². The Hall–Kier alpha value is 0.550. The van der Waals surface area contributed by atoms with Crippen LogP contribution in [0.3, 0.4) is 0 Å². The summed E-state index contributed by atoms with van der Waals surface area (Å²) < 4.78 is 0.292. The minimum atomic E-state index is 0.292. The van der Waals surface area contributed by atoms with E-state index in [-0.39, 0.29) is 0 Å². The van der Waals surface area contributed by atoms with Crippen molar-refractivity contribution in [2.75, 3.05) is 5.88 Å². The van der Waals surface area contributed by atoms with Gasteiger partial charge in [0.25, 0.3) is 0 Å². The zero-order valence-electron chi connectivity index (χ0n) is 9.56. The molecule has 0 N–H and O–H groups in total. The quantitative estimate of drug-likeness (QED) is 0.413. The lowest BCUT2D eigenvalue weighted by atomic mass is 10.1. The van der Waals surface area contributed by atoms with Crippen LogP contribution in [-0.2, 0) is 0 Å². The molecule has 0 spiro atoms. The highest BCUT2D eigenvalue weighted by atomic mass is 35.5. The monoisotopic (exact) mass is 250 g/mol. The van der Waals surface area contributed by atoms with Crippen molar-refractivity contribution in [3.05, 3.63) is 0 Å². The van der Waals surface area contributed by atoms with Crippen molar-refractivity contribution in [1.29, 1.82) is 0 Å². The fourth-order valence-electron chi connectivity index (χ4n) is 0.637. The van der Waals surface area contributed by atoms with Crippen LogP contribution in [0, 0.1) is 17.8 Å². The highest BCUT2D eigenvalue weighted by Gasteiger charge is 2.17. The summed E-state index contributed by atoms with van der Waals surface area (Å²) in [5, 5.41) is 0.387. The molecule has 1 unspecified atom stereocenters. The Kier molecular flexibility index (Phi) is 7.20. The number of hydrogen-bond acceptors (Lipinski definition) is 2. The van der Waals surface area contributed by atoms with Crippen LogP contribution in [0.5, 0.6) is 0 Å². The van der Waals surface area contributed by atoms with E-state index in [1.807, 2.05) is 21.6 Å². The predicted molar refractivity (Wildman–Crippen MR) is 72.1 cm³/mol. The van der Waals surface area contributed by atoms with Gasteiger partial charge in [0.1, 0.15) is 0 Å². The van der Waals surface area contributed by atoms with E-state index in [2.05, 4.69) is 46.5 Å². The van der Waals surface area contributed by atoms with Gasteiger partial charge in [0.05, 0.1) is 11.1 Å². The molecular weight excluding hydrogens is 232 g/mol. The topological polar surface area (TPSA) is 0 Å². The molecule has 0 nitrogen and oxygen atoms in total. The van der Waals surface area contributed by atoms with Gasteiger partial charge in [-0.15, -0.1) is 11.6 Å². The molecule has 0 saturated carbocycles. The van der Waals surface area contributed by atoms with Crippen LogP contribution >= 0.6 is 33.2 Å². The average Bonchev–Trinajstić information content (AvgIpc) is 2.01. The van der Waals surface area contributed by atoms with Crippen LogP contribution < -0.4 is 0 Å². The Morgan fingerprint density at radius 3 is 2.21 bits per heavy atom. The molecule has 0 fully saturated rings. The Balaban J connectivity index is 4.11. The van der Waals surface area contributed by atoms with Gasteiger partial charge in [0.15, 0.2) is 0 Å². The summed E-state index contributed by atoms with van der Waals surface area (Å²) in [6.07, 6.45) is 0. The van der Waals surface area contributed by atoms with Gasteiger partial charge in [-0.3, -0.25) is 0 Å². The fraction of sp³-hybridized carbons (Fsp3) is 0.818. The van der Waals surface area contributed by atoms with Crippen molar-refractivity contribution >= 4 is 33.2 Å². The highest BCUT2D eigenvalue weighted by Crippen LogP contribution is 2.39. The molecule has 0 aromatic heterocycles.